The van der Waals surface area contributed by atoms with Crippen molar-refractivity contribution < 1.29 is 0 Å². The predicted octanol–water partition coefficient (Wildman–Crippen LogP) is 2.58. The lowest BCUT2D eigenvalue weighted by molar-refractivity contribution is 0.904. The first-order chi connectivity index (χ1) is 9.13. The normalized spacial score (nSPS) is 9.79. The Hall–Kier alpha value is -2.00. The second-order valence-electron chi connectivity index (χ2n) is 3.65. The number of nitrogen functional groups attached to an aromatic ring is 1. The number of nitrogens with zero attached hydrogens (tertiary/aromatic N) is 4. The third-order valence-electron chi connectivity index (χ3n) is 2.72. The van der Waals surface area contributed by atoms with E-state index in [1.54, 1.807) is 4.52 Å². The van der Waals surface area contributed by atoms with Crippen molar-refractivity contribution in [1.29, 1.82) is 5.26 Å². The van der Waals surface area contributed by atoms with Crippen LogP contribution in [0.1, 0.15) is 23.7 Å². The maximum absolute atomic E-state index is 9.10. The topological polar surface area (TPSA) is 80.0 Å². The molecule has 2 rings (SSSR count). The highest BCUT2D eigenvalue weighted by molar-refractivity contribution is 7.98. The van der Waals surface area contributed by atoms with Crippen LogP contribution in [-0.4, -0.2) is 20.9 Å². The summed E-state index contributed by atoms with van der Waals surface area (Å²) < 4.78 is 1.56. The molecule has 2 aromatic heterocycles. The summed E-state index contributed by atoms with van der Waals surface area (Å²) in [5.74, 6) is 0.365. The van der Waals surface area contributed by atoms with Gasteiger partial charge in [-0.3, -0.25) is 0 Å². The molecule has 5 nitrogen and oxygen atoms in total. The summed E-state index contributed by atoms with van der Waals surface area (Å²) in [7, 11) is 0. The smallest absolute Gasteiger partial charge is 0.162 e. The molecule has 0 saturated heterocycles. The van der Waals surface area contributed by atoms with E-state index in [0.29, 0.717) is 16.4 Å². The largest absolute Gasteiger partial charge is 0.382 e. The average molecular weight is 275 g/mol. The van der Waals surface area contributed by atoms with Gasteiger partial charge in [-0.25, -0.2) is 4.98 Å². The molecule has 6 heteroatoms. The van der Waals surface area contributed by atoms with Gasteiger partial charge in [-0.05, 0) is 19.6 Å². The van der Waals surface area contributed by atoms with Gasteiger partial charge in [0.1, 0.15) is 22.5 Å². The van der Waals surface area contributed by atoms with Crippen molar-refractivity contribution in [2.75, 3.05) is 12.0 Å². The molecule has 0 bridgehead atoms. The Kier molecular flexibility index (Phi) is 4.95. The summed E-state index contributed by atoms with van der Waals surface area (Å²) >= 11 is 1.42. The second kappa shape index (κ2) is 6.25. The molecule has 0 saturated carbocycles. The van der Waals surface area contributed by atoms with Crippen LogP contribution in [0.25, 0.3) is 5.65 Å². The van der Waals surface area contributed by atoms with Crippen molar-refractivity contribution in [2.45, 2.75) is 25.3 Å². The van der Waals surface area contributed by atoms with E-state index in [-0.39, 0.29) is 0 Å². The first-order valence-electron chi connectivity index (χ1n) is 5.75. The monoisotopic (exact) mass is 275 g/mol. The van der Waals surface area contributed by atoms with Crippen LogP contribution in [0.5, 0.6) is 0 Å². The zero-order valence-corrected chi connectivity index (χ0v) is 12.2. The van der Waals surface area contributed by atoms with E-state index in [0.717, 1.165) is 23.3 Å². The molecule has 19 heavy (non-hydrogen) atoms. The third kappa shape index (κ3) is 2.42. The van der Waals surface area contributed by atoms with Gasteiger partial charge in [0, 0.05) is 5.56 Å². The Labute approximate surface area is 117 Å². The predicted molar refractivity (Wildman–Crippen MR) is 79.3 cm³/mol. The zero-order chi connectivity index (χ0) is 14.6. The number of nitrogens with two attached hydrogens (primary N) is 1. The quantitative estimate of drug-likeness (QED) is 0.517. The number of hydrogen-bond donors (Lipinski definition) is 1. The number of rotatable bonds is 2. The first-order valence-corrected chi connectivity index (χ1v) is 6.98. The van der Waals surface area contributed by atoms with Gasteiger partial charge in [-0.15, -0.1) is 24.9 Å². The fourth-order valence-electron chi connectivity index (χ4n) is 1.86. The van der Waals surface area contributed by atoms with E-state index in [4.69, 9.17) is 11.0 Å². The van der Waals surface area contributed by atoms with Gasteiger partial charge in [-0.1, -0.05) is 6.92 Å². The van der Waals surface area contributed by atoms with Crippen molar-refractivity contribution in [3.8, 4) is 6.07 Å². The maximum Gasteiger partial charge on any atom is 0.162 e. The zero-order valence-electron chi connectivity index (χ0n) is 11.4. The lowest BCUT2D eigenvalue weighted by Crippen LogP contribution is -2.05. The molecular formula is C13H17N5S. The van der Waals surface area contributed by atoms with Gasteiger partial charge in [0.25, 0.3) is 0 Å². The van der Waals surface area contributed by atoms with Gasteiger partial charge in [0.15, 0.2) is 5.65 Å². The molecule has 0 atom stereocenters. The summed E-state index contributed by atoms with van der Waals surface area (Å²) in [4.78, 5) is 4.48. The van der Waals surface area contributed by atoms with Crippen LogP contribution in [-0.2, 0) is 6.42 Å². The summed E-state index contributed by atoms with van der Waals surface area (Å²) in [5, 5.41) is 14.1. The van der Waals surface area contributed by atoms with Crippen LogP contribution in [0, 0.1) is 18.3 Å². The number of thioether (sulfide) groups is 1. The highest BCUT2D eigenvalue weighted by Crippen LogP contribution is 2.26. The Balaban J connectivity index is 0.000000861. The van der Waals surface area contributed by atoms with Crippen LogP contribution in [0.3, 0.4) is 0 Å². The van der Waals surface area contributed by atoms with E-state index in [1.807, 2.05) is 13.2 Å². The minimum Gasteiger partial charge on any atom is -0.382 e. The molecule has 0 amide bonds. The van der Waals surface area contributed by atoms with E-state index in [2.05, 4.69) is 36.2 Å². The lowest BCUT2D eigenvalue weighted by atomic mass is 10.2. The van der Waals surface area contributed by atoms with Crippen LogP contribution in [0.4, 0.5) is 5.82 Å². The molecule has 2 N–H and O–H groups in total. The molecule has 0 fully saturated rings. The Morgan fingerprint density at radius 1 is 1.47 bits per heavy atom. The van der Waals surface area contributed by atoms with Crippen molar-refractivity contribution in [1.82, 2.24) is 14.6 Å². The van der Waals surface area contributed by atoms with Crippen molar-refractivity contribution in [3.63, 3.8) is 0 Å². The Bertz CT molecular complexity index is 639. The van der Waals surface area contributed by atoms with E-state index >= 15 is 0 Å². The van der Waals surface area contributed by atoms with Crippen LogP contribution in [0.2, 0.25) is 0 Å². The number of aryl methyl sites for hydroxylation is 2. The number of fused-ring (bicyclic) bond motifs is 1. The van der Waals surface area contributed by atoms with Gasteiger partial charge >= 0.3 is 0 Å². The summed E-state index contributed by atoms with van der Waals surface area (Å²) in [6.45, 7) is 9.98. The number of nitriles is 1. The molecular weight excluding hydrogens is 258 g/mol. The lowest BCUT2D eigenvalue weighted by Gasteiger charge is -2.05. The standard InChI is InChI=1S/C11H13N5S.C2H4/c1-4-7-6(2)15-16-9(13)8(5-12)11(17-3)14-10(7)16;1-2/h4,13H2,1-3H3;1-2H2. The molecule has 100 valence electrons. The molecule has 0 aliphatic rings. The Morgan fingerprint density at radius 2 is 2.11 bits per heavy atom. The minimum absolute atomic E-state index is 0.365. The third-order valence-corrected chi connectivity index (χ3v) is 3.40. The van der Waals surface area contributed by atoms with Crippen molar-refractivity contribution in [2.24, 2.45) is 0 Å². The molecule has 0 spiro atoms. The fourth-order valence-corrected chi connectivity index (χ4v) is 2.40. The average Bonchev–Trinajstić information content (AvgIpc) is 2.76. The first kappa shape index (κ1) is 15.1. The van der Waals surface area contributed by atoms with Crippen molar-refractivity contribution in [3.05, 3.63) is 30.0 Å². The number of aromatic nitrogens is 3. The summed E-state index contributed by atoms with van der Waals surface area (Å²) in [6.07, 6.45) is 2.73. The summed E-state index contributed by atoms with van der Waals surface area (Å²) in [5.41, 5.74) is 9.11. The van der Waals surface area contributed by atoms with Crippen LogP contribution < -0.4 is 5.73 Å². The second-order valence-corrected chi connectivity index (χ2v) is 4.44. The van der Waals surface area contributed by atoms with E-state index in [9.17, 15) is 0 Å². The van der Waals surface area contributed by atoms with Gasteiger partial charge in [-0.2, -0.15) is 14.9 Å². The van der Waals surface area contributed by atoms with Crippen molar-refractivity contribution >= 4 is 23.2 Å². The van der Waals surface area contributed by atoms with Crippen LogP contribution in [0.15, 0.2) is 18.2 Å². The van der Waals surface area contributed by atoms with E-state index in [1.165, 1.54) is 11.8 Å². The fraction of sp³-hybridized carbons (Fsp3) is 0.308. The molecule has 0 aromatic carbocycles. The molecule has 0 aliphatic heterocycles. The molecule has 2 heterocycles. The number of anilines is 1. The SMILES string of the molecule is C=C.CCc1c(C)nn2c(N)c(C#N)c(SC)nc12. The highest BCUT2D eigenvalue weighted by atomic mass is 32.2. The number of hydrogen-bond acceptors (Lipinski definition) is 5. The van der Waals surface area contributed by atoms with Crippen LogP contribution >= 0.6 is 11.8 Å². The molecule has 2 aromatic rings. The Morgan fingerprint density at radius 3 is 2.58 bits per heavy atom. The van der Waals surface area contributed by atoms with Gasteiger partial charge in [0.05, 0.1) is 5.69 Å². The maximum atomic E-state index is 9.10. The van der Waals surface area contributed by atoms with E-state index < -0.39 is 0 Å². The molecule has 0 unspecified atom stereocenters. The highest BCUT2D eigenvalue weighted by Gasteiger charge is 2.17. The molecule has 0 radical (unpaired) electrons. The summed E-state index contributed by atoms with van der Waals surface area (Å²) in [6, 6.07) is 2.08. The van der Waals surface area contributed by atoms with Gasteiger partial charge < -0.3 is 5.73 Å². The molecule has 0 aliphatic carbocycles. The minimum atomic E-state index is 0.365. The van der Waals surface area contributed by atoms with Gasteiger partial charge in [0.2, 0.25) is 0 Å².